The first-order chi connectivity index (χ1) is 23.1. The SMILES string of the molecule is C=C(C)C(=O)Oc1cc(OC(=O)C(=C)C)cc(-c2ccc(-c3ccc(-c4cc(OC(=O)C(=C)C)cc(OC(=O)C(=C)C)c4)c(F)c3)cc2)c1. The Hall–Kier alpha value is -6.35. The van der Waals surface area contributed by atoms with E-state index in [4.69, 9.17) is 18.9 Å². The van der Waals surface area contributed by atoms with Crippen molar-refractivity contribution >= 4 is 23.9 Å². The van der Waals surface area contributed by atoms with E-state index in [-0.39, 0.29) is 50.9 Å². The third-order valence-corrected chi connectivity index (χ3v) is 6.83. The number of carbonyl (C=O) groups is 4. The highest BCUT2D eigenvalue weighted by atomic mass is 19.1. The molecule has 0 saturated heterocycles. The van der Waals surface area contributed by atoms with E-state index in [1.807, 2.05) is 0 Å². The number of hydrogen-bond acceptors (Lipinski definition) is 8. The molecule has 0 amide bonds. The highest BCUT2D eigenvalue weighted by molar-refractivity contribution is 5.91. The Morgan fingerprint density at radius 2 is 0.735 bits per heavy atom. The topological polar surface area (TPSA) is 105 Å². The molecule has 0 atom stereocenters. The molecule has 0 unspecified atom stereocenters. The van der Waals surface area contributed by atoms with Gasteiger partial charge in [0.2, 0.25) is 0 Å². The minimum Gasteiger partial charge on any atom is -0.423 e. The molecule has 0 radical (unpaired) electrons. The summed E-state index contributed by atoms with van der Waals surface area (Å²) in [5.41, 5.74) is 3.68. The van der Waals surface area contributed by atoms with Crippen molar-refractivity contribution in [3.63, 3.8) is 0 Å². The van der Waals surface area contributed by atoms with Crippen LogP contribution >= 0.6 is 0 Å². The molecule has 0 saturated carbocycles. The lowest BCUT2D eigenvalue weighted by Gasteiger charge is -2.13. The lowest BCUT2D eigenvalue weighted by molar-refractivity contribution is -0.131. The number of esters is 4. The Balaban J connectivity index is 1.67. The van der Waals surface area contributed by atoms with Crippen molar-refractivity contribution in [2.24, 2.45) is 0 Å². The quantitative estimate of drug-likeness (QED) is 0.0894. The average Bonchev–Trinajstić information content (AvgIpc) is 3.04. The molecule has 8 nitrogen and oxygen atoms in total. The van der Waals surface area contributed by atoms with Crippen molar-refractivity contribution in [1.82, 2.24) is 0 Å². The first kappa shape index (κ1) is 35.5. The van der Waals surface area contributed by atoms with Gasteiger partial charge in [0.05, 0.1) is 0 Å². The van der Waals surface area contributed by atoms with Crippen LogP contribution < -0.4 is 18.9 Å². The molecule has 4 aromatic rings. The molecular weight excluding hydrogens is 627 g/mol. The van der Waals surface area contributed by atoms with Gasteiger partial charge in [0.15, 0.2) is 0 Å². The largest absolute Gasteiger partial charge is 0.423 e. The van der Waals surface area contributed by atoms with E-state index in [0.29, 0.717) is 27.8 Å². The van der Waals surface area contributed by atoms with E-state index in [0.717, 1.165) is 0 Å². The molecular formula is C40H33FO8. The monoisotopic (exact) mass is 660 g/mol. The van der Waals surface area contributed by atoms with Crippen LogP contribution in [-0.4, -0.2) is 23.9 Å². The van der Waals surface area contributed by atoms with Gasteiger partial charge < -0.3 is 18.9 Å². The molecule has 0 aliphatic heterocycles. The van der Waals surface area contributed by atoms with Gasteiger partial charge in [-0.1, -0.05) is 62.7 Å². The maximum atomic E-state index is 15.7. The highest BCUT2D eigenvalue weighted by Crippen LogP contribution is 2.36. The van der Waals surface area contributed by atoms with Crippen LogP contribution in [0.25, 0.3) is 33.4 Å². The predicted octanol–water partition coefficient (Wildman–Crippen LogP) is 8.75. The summed E-state index contributed by atoms with van der Waals surface area (Å²) in [4.78, 5) is 48.8. The van der Waals surface area contributed by atoms with Gasteiger partial charge in [0.25, 0.3) is 0 Å². The molecule has 0 aromatic heterocycles. The molecule has 0 N–H and O–H groups in total. The zero-order chi connectivity index (χ0) is 36.0. The number of benzene rings is 4. The third-order valence-electron chi connectivity index (χ3n) is 6.83. The highest BCUT2D eigenvalue weighted by Gasteiger charge is 2.17. The molecule has 4 aromatic carbocycles. The van der Waals surface area contributed by atoms with Crippen molar-refractivity contribution in [3.8, 4) is 56.4 Å². The van der Waals surface area contributed by atoms with Gasteiger partial charge in [0.1, 0.15) is 28.8 Å². The summed E-state index contributed by atoms with van der Waals surface area (Å²) in [6.07, 6.45) is 0. The molecule has 248 valence electrons. The third kappa shape index (κ3) is 9.14. The Morgan fingerprint density at radius 3 is 1.06 bits per heavy atom. The van der Waals surface area contributed by atoms with Crippen LogP contribution in [0.4, 0.5) is 4.39 Å². The summed E-state index contributed by atoms with van der Waals surface area (Å²) < 4.78 is 37.2. The maximum absolute atomic E-state index is 15.7. The van der Waals surface area contributed by atoms with Crippen molar-refractivity contribution in [2.45, 2.75) is 27.7 Å². The van der Waals surface area contributed by atoms with E-state index in [9.17, 15) is 19.2 Å². The van der Waals surface area contributed by atoms with Gasteiger partial charge in [-0.25, -0.2) is 23.6 Å². The fourth-order valence-electron chi connectivity index (χ4n) is 4.26. The van der Waals surface area contributed by atoms with Gasteiger partial charge in [-0.05, 0) is 85.8 Å². The Kier molecular flexibility index (Phi) is 10.9. The van der Waals surface area contributed by atoms with Crippen LogP contribution in [0.1, 0.15) is 27.7 Å². The average molecular weight is 661 g/mol. The number of carbonyl (C=O) groups excluding carboxylic acids is 4. The molecule has 9 heteroatoms. The van der Waals surface area contributed by atoms with Crippen molar-refractivity contribution < 1.29 is 42.5 Å². The molecule has 0 spiro atoms. The summed E-state index contributed by atoms with van der Waals surface area (Å²) in [6, 6.07) is 20.7. The number of ether oxygens (including phenoxy) is 4. The fraction of sp³-hybridized carbons (Fsp3) is 0.100. The summed E-state index contributed by atoms with van der Waals surface area (Å²) >= 11 is 0. The Labute approximate surface area is 283 Å². The second-order valence-electron chi connectivity index (χ2n) is 11.3. The summed E-state index contributed by atoms with van der Waals surface area (Å²) in [7, 11) is 0. The standard InChI is InChI=1S/C40H33FO8/c1-22(2)37(42)46-31-15-29(16-32(20-31)47-38(43)23(3)4)27-11-9-26(10-12-27)28-13-14-35(36(41)19-28)30-17-33(48-39(44)24(5)6)21-34(18-30)49-40(45)25(7)8/h9-21H,1,3,5,7H2,2,4,6,8H3. The fourth-order valence-corrected chi connectivity index (χ4v) is 4.26. The number of halogens is 1. The summed E-state index contributed by atoms with van der Waals surface area (Å²) in [6.45, 7) is 20.3. The molecule has 49 heavy (non-hydrogen) atoms. The van der Waals surface area contributed by atoms with Crippen molar-refractivity contribution in [1.29, 1.82) is 0 Å². The van der Waals surface area contributed by atoms with Gasteiger partial charge in [0, 0.05) is 40.0 Å². The normalized spacial score (nSPS) is 10.4. The molecule has 0 fully saturated rings. The van der Waals surface area contributed by atoms with Crippen LogP contribution in [0.5, 0.6) is 23.0 Å². The van der Waals surface area contributed by atoms with Crippen LogP contribution in [0, 0.1) is 5.82 Å². The number of hydrogen-bond donors (Lipinski definition) is 0. The van der Waals surface area contributed by atoms with Crippen LogP contribution in [0.15, 0.2) is 127 Å². The Bertz CT molecular complexity index is 1960. The van der Waals surface area contributed by atoms with E-state index in [1.54, 1.807) is 48.5 Å². The van der Waals surface area contributed by atoms with Crippen LogP contribution in [0.2, 0.25) is 0 Å². The van der Waals surface area contributed by atoms with Gasteiger partial charge >= 0.3 is 23.9 Å². The van der Waals surface area contributed by atoms with Crippen LogP contribution in [0.3, 0.4) is 0 Å². The second kappa shape index (κ2) is 15.0. The molecule has 0 heterocycles. The second-order valence-corrected chi connectivity index (χ2v) is 11.3. The van der Waals surface area contributed by atoms with E-state index in [2.05, 4.69) is 26.3 Å². The first-order valence-electron chi connectivity index (χ1n) is 14.8. The molecule has 0 bridgehead atoms. The van der Waals surface area contributed by atoms with Crippen molar-refractivity contribution in [3.05, 3.63) is 133 Å². The van der Waals surface area contributed by atoms with Gasteiger partial charge in [-0.2, -0.15) is 0 Å². The van der Waals surface area contributed by atoms with E-state index >= 15 is 4.39 Å². The van der Waals surface area contributed by atoms with Gasteiger partial charge in [-0.15, -0.1) is 0 Å². The molecule has 4 rings (SSSR count). The summed E-state index contributed by atoms with van der Waals surface area (Å²) in [5, 5.41) is 0. The number of rotatable bonds is 11. The molecule has 0 aliphatic rings. The van der Waals surface area contributed by atoms with E-state index in [1.165, 1.54) is 58.0 Å². The predicted molar refractivity (Wildman–Crippen MR) is 185 cm³/mol. The zero-order valence-corrected chi connectivity index (χ0v) is 27.5. The smallest absolute Gasteiger partial charge is 0.338 e. The minimum absolute atomic E-state index is 0.0325. The lowest BCUT2D eigenvalue weighted by atomic mass is 9.97. The first-order valence-corrected chi connectivity index (χ1v) is 14.8. The zero-order valence-electron chi connectivity index (χ0n) is 27.5. The van der Waals surface area contributed by atoms with Crippen molar-refractivity contribution in [2.75, 3.05) is 0 Å². The minimum atomic E-state index is -0.697. The summed E-state index contributed by atoms with van der Waals surface area (Å²) in [5.74, 6) is -2.90. The Morgan fingerprint density at radius 1 is 0.429 bits per heavy atom. The van der Waals surface area contributed by atoms with Gasteiger partial charge in [-0.3, -0.25) is 0 Å². The lowest BCUT2D eigenvalue weighted by Crippen LogP contribution is -2.10. The maximum Gasteiger partial charge on any atom is 0.338 e. The van der Waals surface area contributed by atoms with E-state index < -0.39 is 29.7 Å². The molecule has 0 aliphatic carbocycles. The van der Waals surface area contributed by atoms with Crippen LogP contribution in [-0.2, 0) is 19.2 Å².